The Labute approximate surface area is 110 Å². The topological polar surface area (TPSA) is 70.3 Å². The molecule has 0 spiro atoms. The quantitative estimate of drug-likeness (QED) is 0.518. The van der Waals surface area contributed by atoms with Gasteiger partial charge in [0.15, 0.2) is 6.10 Å². The van der Waals surface area contributed by atoms with Crippen molar-refractivity contribution in [2.75, 3.05) is 0 Å². The Balaban J connectivity index is 2.08. The molecular weight excluding hydrogens is 242 g/mol. The molecule has 2 aromatic carbocycles. The highest BCUT2D eigenvalue weighted by Crippen LogP contribution is 2.18. The normalized spacial score (nSPS) is 11.4. The third-order valence-corrected chi connectivity index (χ3v) is 2.54. The smallest absolute Gasteiger partial charge is 0.343 e. The minimum absolute atomic E-state index is 0.364. The summed E-state index contributed by atoms with van der Waals surface area (Å²) in [6.45, 7) is 0. The lowest BCUT2D eigenvalue weighted by atomic mass is 10.1. The van der Waals surface area contributed by atoms with E-state index < -0.39 is 12.1 Å². The van der Waals surface area contributed by atoms with Gasteiger partial charge < -0.3 is 9.84 Å². The second kappa shape index (κ2) is 5.80. The van der Waals surface area contributed by atoms with Crippen molar-refractivity contribution in [1.82, 2.24) is 0 Å². The van der Waals surface area contributed by atoms with E-state index in [4.69, 9.17) is 10.00 Å². The molecule has 1 unspecified atom stereocenters. The number of hydrogen-bond donors (Lipinski definition) is 1. The highest BCUT2D eigenvalue weighted by atomic mass is 16.5. The SMILES string of the molecule is N#CC(O)c1ccc(OC(=O)c2ccccc2)cc1. The van der Waals surface area contributed by atoms with Crippen molar-refractivity contribution in [3.63, 3.8) is 0 Å². The van der Waals surface area contributed by atoms with Crippen LogP contribution in [0.3, 0.4) is 0 Å². The number of rotatable bonds is 3. The van der Waals surface area contributed by atoms with Crippen LogP contribution in [0, 0.1) is 11.3 Å². The fraction of sp³-hybridized carbons (Fsp3) is 0.0667. The fourth-order valence-electron chi connectivity index (χ4n) is 1.53. The molecule has 4 nitrogen and oxygen atoms in total. The summed E-state index contributed by atoms with van der Waals surface area (Å²) < 4.78 is 5.17. The van der Waals surface area contributed by atoms with Crippen molar-refractivity contribution in [2.45, 2.75) is 6.10 Å². The van der Waals surface area contributed by atoms with Crippen LogP contribution in [0.2, 0.25) is 0 Å². The fourth-order valence-corrected chi connectivity index (χ4v) is 1.53. The number of carbonyl (C=O) groups is 1. The molecule has 0 amide bonds. The van der Waals surface area contributed by atoms with Crippen molar-refractivity contribution in [3.05, 3.63) is 65.7 Å². The maximum atomic E-state index is 11.8. The Morgan fingerprint density at radius 2 is 1.74 bits per heavy atom. The number of carbonyl (C=O) groups excluding carboxylic acids is 1. The summed E-state index contributed by atoms with van der Waals surface area (Å²) in [5, 5.41) is 17.9. The summed E-state index contributed by atoms with van der Waals surface area (Å²) in [5.74, 6) is -0.0862. The molecule has 1 N–H and O–H groups in total. The van der Waals surface area contributed by atoms with E-state index in [2.05, 4.69) is 0 Å². The van der Waals surface area contributed by atoms with Gasteiger partial charge in [0.2, 0.25) is 0 Å². The van der Waals surface area contributed by atoms with Crippen molar-refractivity contribution in [3.8, 4) is 11.8 Å². The first-order valence-corrected chi connectivity index (χ1v) is 5.65. The molecule has 0 saturated heterocycles. The van der Waals surface area contributed by atoms with Crippen LogP contribution in [0.5, 0.6) is 5.75 Å². The molecule has 2 aromatic rings. The number of aliphatic hydroxyl groups is 1. The molecule has 0 aliphatic rings. The Kier molecular flexibility index (Phi) is 3.91. The molecule has 1 atom stereocenters. The van der Waals surface area contributed by atoms with Crippen LogP contribution in [-0.4, -0.2) is 11.1 Å². The molecule has 0 fully saturated rings. The van der Waals surface area contributed by atoms with Crippen molar-refractivity contribution >= 4 is 5.97 Å². The first-order valence-electron chi connectivity index (χ1n) is 5.65. The molecule has 0 saturated carbocycles. The highest BCUT2D eigenvalue weighted by molar-refractivity contribution is 5.90. The largest absolute Gasteiger partial charge is 0.423 e. The molecule has 19 heavy (non-hydrogen) atoms. The maximum absolute atomic E-state index is 11.8. The maximum Gasteiger partial charge on any atom is 0.343 e. The van der Waals surface area contributed by atoms with Crippen molar-refractivity contribution in [1.29, 1.82) is 5.26 Å². The van der Waals surface area contributed by atoms with E-state index in [1.165, 1.54) is 12.1 Å². The zero-order chi connectivity index (χ0) is 13.7. The van der Waals surface area contributed by atoms with Gasteiger partial charge in [0.25, 0.3) is 0 Å². The average Bonchev–Trinajstić information content (AvgIpc) is 2.48. The Bertz CT molecular complexity index is 600. The number of hydrogen-bond acceptors (Lipinski definition) is 4. The molecular formula is C15H11NO3. The lowest BCUT2D eigenvalue weighted by Crippen LogP contribution is -2.08. The molecule has 94 valence electrons. The predicted octanol–water partition coefficient (Wildman–Crippen LogP) is 2.46. The van der Waals surface area contributed by atoms with Crippen molar-refractivity contribution in [2.24, 2.45) is 0 Å². The minimum Gasteiger partial charge on any atom is -0.423 e. The van der Waals surface area contributed by atoms with Crippen LogP contribution >= 0.6 is 0 Å². The van der Waals surface area contributed by atoms with Gasteiger partial charge in [-0.25, -0.2) is 4.79 Å². The second-order valence-electron chi connectivity index (χ2n) is 3.86. The van der Waals surface area contributed by atoms with Gasteiger partial charge in [-0.15, -0.1) is 0 Å². The molecule has 0 heterocycles. The van der Waals surface area contributed by atoms with E-state index in [1.807, 2.05) is 6.07 Å². The lowest BCUT2D eigenvalue weighted by Gasteiger charge is -2.06. The summed E-state index contributed by atoms with van der Waals surface area (Å²) in [5.41, 5.74) is 0.922. The van der Waals surface area contributed by atoms with Crippen LogP contribution in [0.1, 0.15) is 22.0 Å². The van der Waals surface area contributed by atoms with Crippen LogP contribution in [0.15, 0.2) is 54.6 Å². The zero-order valence-electron chi connectivity index (χ0n) is 9.98. The van der Waals surface area contributed by atoms with Crippen molar-refractivity contribution < 1.29 is 14.6 Å². The average molecular weight is 253 g/mol. The van der Waals surface area contributed by atoms with E-state index >= 15 is 0 Å². The number of esters is 1. The molecule has 0 radical (unpaired) electrons. The van der Waals surface area contributed by atoms with Gasteiger partial charge in [-0.3, -0.25) is 0 Å². The number of ether oxygens (including phenoxy) is 1. The minimum atomic E-state index is -1.17. The van der Waals surface area contributed by atoms with Crippen LogP contribution in [0.4, 0.5) is 0 Å². The van der Waals surface area contributed by atoms with Crippen LogP contribution < -0.4 is 4.74 Å². The van der Waals surface area contributed by atoms with E-state index in [9.17, 15) is 9.90 Å². The first-order chi connectivity index (χ1) is 9.20. The summed E-state index contributed by atoms with van der Waals surface area (Å²) >= 11 is 0. The van der Waals surface area contributed by atoms with Crippen LogP contribution in [-0.2, 0) is 0 Å². The van der Waals surface area contributed by atoms with Gasteiger partial charge in [0, 0.05) is 0 Å². The van der Waals surface area contributed by atoms with Gasteiger partial charge in [-0.05, 0) is 29.8 Å². The van der Waals surface area contributed by atoms with E-state index in [1.54, 1.807) is 42.5 Å². The molecule has 0 aromatic heterocycles. The van der Waals surface area contributed by atoms with Crippen LogP contribution in [0.25, 0.3) is 0 Å². The van der Waals surface area contributed by atoms with Gasteiger partial charge in [0.05, 0.1) is 11.6 Å². The Morgan fingerprint density at radius 3 is 2.32 bits per heavy atom. The summed E-state index contributed by atoms with van der Waals surface area (Å²) in [7, 11) is 0. The first kappa shape index (κ1) is 12.8. The standard InChI is InChI=1S/C15H11NO3/c16-10-14(17)11-6-8-13(9-7-11)19-15(18)12-4-2-1-3-5-12/h1-9,14,17H. The molecule has 2 rings (SSSR count). The Hall–Kier alpha value is -2.64. The summed E-state index contributed by atoms with van der Waals surface area (Å²) in [4.78, 5) is 11.8. The van der Waals surface area contributed by atoms with Gasteiger partial charge in [-0.2, -0.15) is 5.26 Å². The van der Waals surface area contributed by atoms with Gasteiger partial charge in [-0.1, -0.05) is 30.3 Å². The van der Waals surface area contributed by atoms with E-state index in [-0.39, 0.29) is 0 Å². The Morgan fingerprint density at radius 1 is 1.11 bits per heavy atom. The number of nitrogens with zero attached hydrogens (tertiary/aromatic N) is 1. The summed E-state index contributed by atoms with van der Waals surface area (Å²) in [6.07, 6.45) is -1.17. The third kappa shape index (κ3) is 3.18. The molecule has 0 aliphatic carbocycles. The molecule has 0 bridgehead atoms. The lowest BCUT2D eigenvalue weighted by molar-refractivity contribution is 0.0734. The predicted molar refractivity (Wildman–Crippen MR) is 68.4 cm³/mol. The monoisotopic (exact) mass is 253 g/mol. The highest BCUT2D eigenvalue weighted by Gasteiger charge is 2.09. The van der Waals surface area contributed by atoms with Gasteiger partial charge in [0.1, 0.15) is 5.75 Å². The number of benzene rings is 2. The third-order valence-electron chi connectivity index (χ3n) is 2.54. The van der Waals surface area contributed by atoms with E-state index in [0.29, 0.717) is 16.9 Å². The van der Waals surface area contributed by atoms with Gasteiger partial charge >= 0.3 is 5.97 Å². The molecule has 4 heteroatoms. The number of aliphatic hydroxyl groups excluding tert-OH is 1. The summed E-state index contributed by atoms with van der Waals surface area (Å²) in [6, 6.07) is 16.5. The zero-order valence-corrected chi connectivity index (χ0v) is 9.98. The second-order valence-corrected chi connectivity index (χ2v) is 3.86. The number of nitriles is 1. The van der Waals surface area contributed by atoms with E-state index in [0.717, 1.165) is 0 Å². The molecule has 0 aliphatic heterocycles.